The number of hydrogen-bond acceptors (Lipinski definition) is 4. The maximum Gasteiger partial charge on any atom is 0.416 e. The highest BCUT2D eigenvalue weighted by Gasteiger charge is 2.30. The minimum Gasteiger partial charge on any atom is -0.284 e. The second-order valence-corrected chi connectivity index (χ2v) is 9.14. The Morgan fingerprint density at radius 2 is 1.78 bits per heavy atom. The minimum atomic E-state index is -4.43. The lowest BCUT2D eigenvalue weighted by atomic mass is 10.1. The third-order valence-corrected chi connectivity index (χ3v) is 6.31. The highest BCUT2D eigenvalue weighted by atomic mass is 32.2. The molecule has 7 nitrogen and oxygen atoms in total. The molecule has 0 saturated carbocycles. The fourth-order valence-electron chi connectivity index (χ4n) is 3.29. The number of aromatic nitrogens is 4. The Labute approximate surface area is 182 Å². The summed E-state index contributed by atoms with van der Waals surface area (Å²) in [5, 5.41) is 9.53. The molecule has 1 N–H and O–H groups in total. The first-order valence-electron chi connectivity index (χ1n) is 9.85. The fourth-order valence-corrected chi connectivity index (χ4v) is 3.92. The molecule has 0 unspecified atom stereocenters. The fraction of sp³-hybridized carbons (Fsp3) is 0.238. The quantitative estimate of drug-likeness (QED) is 0.450. The van der Waals surface area contributed by atoms with Crippen LogP contribution in [0.1, 0.15) is 19.4 Å². The van der Waals surface area contributed by atoms with E-state index >= 15 is 0 Å². The van der Waals surface area contributed by atoms with E-state index in [0.29, 0.717) is 40.1 Å². The summed E-state index contributed by atoms with van der Waals surface area (Å²) in [6.07, 6.45) is -0.983. The number of alkyl halides is 3. The summed E-state index contributed by atoms with van der Waals surface area (Å²) in [5.41, 5.74) is 1.92. The van der Waals surface area contributed by atoms with Crippen LogP contribution in [-0.4, -0.2) is 33.7 Å². The van der Waals surface area contributed by atoms with Crippen molar-refractivity contribution in [3.63, 3.8) is 0 Å². The summed E-state index contributed by atoms with van der Waals surface area (Å²) in [5.74, 6) is -0.0774. The van der Waals surface area contributed by atoms with Gasteiger partial charge in [-0.05, 0) is 56.3 Å². The van der Waals surface area contributed by atoms with Crippen molar-refractivity contribution >= 4 is 26.6 Å². The van der Waals surface area contributed by atoms with Crippen molar-refractivity contribution in [3.05, 3.63) is 60.4 Å². The van der Waals surface area contributed by atoms with E-state index in [4.69, 9.17) is 0 Å². The number of aryl methyl sites for hydroxylation is 1. The SMILES string of the molecule is CCn1cc(-c2nn(-c3ccc(C(F)(F)F)cc3)c3ccc(NS(=O)(=O)CC)cc23)cn1. The smallest absolute Gasteiger partial charge is 0.284 e. The van der Waals surface area contributed by atoms with Crippen molar-refractivity contribution in [2.24, 2.45) is 0 Å². The van der Waals surface area contributed by atoms with E-state index in [-0.39, 0.29) is 5.75 Å². The van der Waals surface area contributed by atoms with Gasteiger partial charge in [0, 0.05) is 29.4 Å². The largest absolute Gasteiger partial charge is 0.416 e. The predicted octanol–water partition coefficient (Wildman–Crippen LogP) is 4.69. The molecule has 32 heavy (non-hydrogen) atoms. The van der Waals surface area contributed by atoms with E-state index in [0.717, 1.165) is 12.1 Å². The molecule has 0 spiro atoms. The molecule has 2 aromatic heterocycles. The number of hydrogen-bond donors (Lipinski definition) is 1. The lowest BCUT2D eigenvalue weighted by molar-refractivity contribution is -0.137. The van der Waals surface area contributed by atoms with Gasteiger partial charge in [-0.1, -0.05) is 0 Å². The van der Waals surface area contributed by atoms with Crippen LogP contribution in [0, 0.1) is 0 Å². The van der Waals surface area contributed by atoms with Gasteiger partial charge in [0.25, 0.3) is 0 Å². The highest BCUT2D eigenvalue weighted by Crippen LogP contribution is 2.33. The maximum atomic E-state index is 13.0. The summed E-state index contributed by atoms with van der Waals surface area (Å²) >= 11 is 0. The first-order valence-corrected chi connectivity index (χ1v) is 11.5. The van der Waals surface area contributed by atoms with Crippen molar-refractivity contribution in [2.45, 2.75) is 26.6 Å². The van der Waals surface area contributed by atoms with Gasteiger partial charge in [0.05, 0.1) is 28.7 Å². The van der Waals surface area contributed by atoms with E-state index in [9.17, 15) is 21.6 Å². The number of rotatable bonds is 6. The van der Waals surface area contributed by atoms with Crippen LogP contribution in [0.3, 0.4) is 0 Å². The Morgan fingerprint density at radius 3 is 2.38 bits per heavy atom. The summed E-state index contributed by atoms with van der Waals surface area (Å²) in [6.45, 7) is 4.13. The van der Waals surface area contributed by atoms with Gasteiger partial charge in [0.15, 0.2) is 0 Å². The Bertz CT molecular complexity index is 1370. The van der Waals surface area contributed by atoms with Crippen LogP contribution in [-0.2, 0) is 22.7 Å². The number of sulfonamides is 1. The molecule has 0 bridgehead atoms. The summed E-state index contributed by atoms with van der Waals surface area (Å²) in [4.78, 5) is 0. The average molecular weight is 463 g/mol. The monoisotopic (exact) mass is 463 g/mol. The zero-order valence-electron chi connectivity index (χ0n) is 17.3. The normalized spacial score (nSPS) is 12.4. The van der Waals surface area contributed by atoms with Crippen molar-refractivity contribution in [3.8, 4) is 16.9 Å². The Hall–Kier alpha value is -3.34. The number of anilines is 1. The van der Waals surface area contributed by atoms with Crippen LogP contribution in [0.2, 0.25) is 0 Å². The van der Waals surface area contributed by atoms with E-state index in [1.807, 2.05) is 13.1 Å². The standard InChI is InChI=1S/C21H20F3N5O2S/c1-3-28-13-14(12-25-28)20-18-11-16(27-32(30,31)4-2)7-10-19(18)29(26-20)17-8-5-15(6-9-17)21(22,23)24/h5-13,27H,3-4H2,1-2H3. The van der Waals surface area contributed by atoms with Crippen molar-refractivity contribution in [1.29, 1.82) is 0 Å². The number of nitrogens with zero attached hydrogens (tertiary/aromatic N) is 4. The topological polar surface area (TPSA) is 81.8 Å². The van der Waals surface area contributed by atoms with E-state index in [1.54, 1.807) is 29.1 Å². The van der Waals surface area contributed by atoms with Gasteiger partial charge >= 0.3 is 6.18 Å². The third-order valence-electron chi connectivity index (χ3n) is 5.00. The second kappa shape index (κ2) is 7.97. The summed E-state index contributed by atoms with van der Waals surface area (Å²) in [7, 11) is -3.48. The zero-order chi connectivity index (χ0) is 23.1. The minimum absolute atomic E-state index is 0.0774. The lowest BCUT2D eigenvalue weighted by Crippen LogP contribution is -2.14. The van der Waals surface area contributed by atoms with Gasteiger partial charge in [0.1, 0.15) is 5.69 Å². The Morgan fingerprint density at radius 1 is 1.06 bits per heavy atom. The van der Waals surface area contributed by atoms with Crippen LogP contribution in [0.25, 0.3) is 27.8 Å². The number of fused-ring (bicyclic) bond motifs is 1. The van der Waals surface area contributed by atoms with Gasteiger partial charge < -0.3 is 0 Å². The molecular formula is C21H20F3N5O2S. The number of halogens is 3. The van der Waals surface area contributed by atoms with Gasteiger partial charge in [-0.15, -0.1) is 0 Å². The molecule has 2 aromatic carbocycles. The van der Waals surface area contributed by atoms with Gasteiger partial charge in [-0.3, -0.25) is 9.40 Å². The van der Waals surface area contributed by atoms with Gasteiger partial charge in [-0.2, -0.15) is 23.4 Å². The number of benzene rings is 2. The molecule has 0 aliphatic carbocycles. The van der Waals surface area contributed by atoms with Crippen molar-refractivity contribution < 1.29 is 21.6 Å². The molecule has 0 amide bonds. The molecule has 0 atom stereocenters. The molecule has 2 heterocycles. The maximum absolute atomic E-state index is 13.0. The first-order chi connectivity index (χ1) is 15.1. The molecular weight excluding hydrogens is 443 g/mol. The second-order valence-electron chi connectivity index (χ2n) is 7.13. The van der Waals surface area contributed by atoms with E-state index < -0.39 is 21.8 Å². The van der Waals surface area contributed by atoms with Crippen LogP contribution < -0.4 is 4.72 Å². The summed E-state index contributed by atoms with van der Waals surface area (Å²) < 4.78 is 68.7. The van der Waals surface area contributed by atoms with Crippen molar-refractivity contribution in [2.75, 3.05) is 10.5 Å². The number of nitrogens with one attached hydrogen (secondary N) is 1. The van der Waals surface area contributed by atoms with Gasteiger partial charge in [0.2, 0.25) is 10.0 Å². The lowest BCUT2D eigenvalue weighted by Gasteiger charge is -2.09. The highest BCUT2D eigenvalue weighted by molar-refractivity contribution is 7.92. The zero-order valence-corrected chi connectivity index (χ0v) is 18.1. The van der Waals surface area contributed by atoms with Crippen LogP contribution >= 0.6 is 0 Å². The average Bonchev–Trinajstić information content (AvgIpc) is 3.37. The molecule has 0 aliphatic heterocycles. The molecule has 4 aromatic rings. The molecule has 11 heteroatoms. The predicted molar refractivity (Wildman–Crippen MR) is 116 cm³/mol. The summed E-state index contributed by atoms with van der Waals surface area (Å²) in [6, 6.07) is 9.64. The first kappa shape index (κ1) is 21.9. The van der Waals surface area contributed by atoms with Gasteiger partial charge in [-0.25, -0.2) is 13.1 Å². The van der Waals surface area contributed by atoms with Crippen LogP contribution in [0.5, 0.6) is 0 Å². The molecule has 4 rings (SSSR count). The third kappa shape index (κ3) is 4.20. The van der Waals surface area contributed by atoms with Crippen LogP contribution in [0.4, 0.5) is 18.9 Å². The van der Waals surface area contributed by atoms with E-state index in [1.165, 1.54) is 23.7 Å². The van der Waals surface area contributed by atoms with Crippen LogP contribution in [0.15, 0.2) is 54.9 Å². The molecule has 0 aliphatic rings. The molecule has 0 fully saturated rings. The van der Waals surface area contributed by atoms with Crippen molar-refractivity contribution in [1.82, 2.24) is 19.6 Å². The van der Waals surface area contributed by atoms with E-state index in [2.05, 4.69) is 14.9 Å². The molecule has 0 radical (unpaired) electrons. The molecule has 168 valence electrons. The molecule has 0 saturated heterocycles. The Balaban J connectivity index is 1.88. The Kier molecular flexibility index (Phi) is 5.45.